The summed E-state index contributed by atoms with van der Waals surface area (Å²) < 4.78 is 0. The van der Waals surface area contributed by atoms with Gasteiger partial charge in [-0.3, -0.25) is 9.69 Å². The number of piperidine rings is 1. The Morgan fingerprint density at radius 3 is 2.59 bits per heavy atom. The highest BCUT2D eigenvalue weighted by molar-refractivity contribution is 5.92. The van der Waals surface area contributed by atoms with Gasteiger partial charge in [0.15, 0.2) is 0 Å². The average Bonchev–Trinajstić information content (AvgIpc) is 2.88. The number of hydrogen-bond acceptors (Lipinski definition) is 5. The zero-order valence-electron chi connectivity index (χ0n) is 13.3. The van der Waals surface area contributed by atoms with E-state index >= 15 is 0 Å². The quantitative estimate of drug-likeness (QED) is 0.874. The Morgan fingerprint density at radius 1 is 1.18 bits per heavy atom. The average molecular weight is 304 g/mol. The van der Waals surface area contributed by atoms with Crippen molar-refractivity contribution in [2.75, 3.05) is 26.2 Å². The molecule has 2 aliphatic heterocycles. The van der Waals surface area contributed by atoms with E-state index < -0.39 is 6.10 Å². The van der Waals surface area contributed by atoms with Crippen LogP contribution in [-0.4, -0.2) is 69.1 Å². The van der Waals surface area contributed by atoms with Gasteiger partial charge in [-0.25, -0.2) is 9.97 Å². The number of aromatic nitrogens is 2. The van der Waals surface area contributed by atoms with Gasteiger partial charge >= 0.3 is 0 Å². The zero-order chi connectivity index (χ0) is 15.7. The van der Waals surface area contributed by atoms with Crippen molar-refractivity contribution < 1.29 is 9.90 Å². The molecule has 22 heavy (non-hydrogen) atoms. The summed E-state index contributed by atoms with van der Waals surface area (Å²) in [6.07, 6.45) is 3.16. The molecule has 0 unspecified atom stereocenters. The number of carbonyl (C=O) groups is 1. The molecule has 6 nitrogen and oxygen atoms in total. The summed E-state index contributed by atoms with van der Waals surface area (Å²) in [5.41, 5.74) is 1.22. The fourth-order valence-corrected chi connectivity index (χ4v) is 3.53. The maximum absolute atomic E-state index is 12.6. The molecule has 0 saturated carbocycles. The minimum Gasteiger partial charge on any atom is -0.390 e. The summed E-state index contributed by atoms with van der Waals surface area (Å²) in [6, 6.07) is 1.78. The monoisotopic (exact) mass is 304 g/mol. The smallest absolute Gasteiger partial charge is 0.272 e. The minimum absolute atomic E-state index is 0.0632. The van der Waals surface area contributed by atoms with Crippen molar-refractivity contribution in [3.05, 3.63) is 23.3 Å². The number of likely N-dealkylation sites (tertiary alicyclic amines) is 2. The van der Waals surface area contributed by atoms with Gasteiger partial charge in [0, 0.05) is 18.8 Å². The first-order chi connectivity index (χ1) is 10.5. The number of hydrogen-bond donors (Lipinski definition) is 1. The third kappa shape index (κ3) is 3.13. The van der Waals surface area contributed by atoms with Gasteiger partial charge in [0.05, 0.1) is 12.1 Å². The standard InChI is InChI=1S/C16H24N4O2/c1-11-8-13(18-12(2)17-11)16(22)20-9-14(15(21)10-20)19-6-4-3-5-7-19/h8,14-15,21H,3-7,9-10H2,1-2H3/t14-,15-/m0/s1. The second-order valence-electron chi connectivity index (χ2n) is 6.38. The molecule has 1 aromatic rings. The van der Waals surface area contributed by atoms with E-state index in [9.17, 15) is 9.90 Å². The molecule has 3 rings (SSSR count). The van der Waals surface area contributed by atoms with Crippen LogP contribution in [0.1, 0.15) is 41.3 Å². The van der Waals surface area contributed by atoms with Crippen molar-refractivity contribution >= 4 is 5.91 Å². The van der Waals surface area contributed by atoms with Crippen LogP contribution in [-0.2, 0) is 0 Å². The topological polar surface area (TPSA) is 69.6 Å². The Kier molecular flexibility index (Phi) is 4.40. The van der Waals surface area contributed by atoms with Gasteiger partial charge in [0.2, 0.25) is 0 Å². The number of carbonyl (C=O) groups excluding carboxylic acids is 1. The maximum atomic E-state index is 12.6. The van der Waals surface area contributed by atoms with Crippen LogP contribution in [0.25, 0.3) is 0 Å². The molecule has 2 fully saturated rings. The highest BCUT2D eigenvalue weighted by atomic mass is 16.3. The molecule has 0 bridgehead atoms. The fraction of sp³-hybridized carbons (Fsp3) is 0.688. The Morgan fingerprint density at radius 2 is 1.91 bits per heavy atom. The largest absolute Gasteiger partial charge is 0.390 e. The van der Waals surface area contributed by atoms with Crippen LogP contribution in [0.3, 0.4) is 0 Å². The third-order valence-corrected chi connectivity index (χ3v) is 4.59. The van der Waals surface area contributed by atoms with Crippen LogP contribution >= 0.6 is 0 Å². The molecule has 6 heteroatoms. The van der Waals surface area contributed by atoms with Gasteiger partial charge in [-0.2, -0.15) is 0 Å². The fourth-order valence-electron chi connectivity index (χ4n) is 3.53. The van der Waals surface area contributed by atoms with E-state index in [4.69, 9.17) is 0 Å². The Hall–Kier alpha value is -1.53. The number of rotatable bonds is 2. The number of nitrogens with zero attached hydrogens (tertiary/aromatic N) is 4. The van der Waals surface area contributed by atoms with Crippen LogP contribution in [0.5, 0.6) is 0 Å². The molecule has 1 N–H and O–H groups in total. The molecule has 1 aromatic heterocycles. The lowest BCUT2D eigenvalue weighted by molar-refractivity contribution is 0.0702. The summed E-state index contributed by atoms with van der Waals surface area (Å²) >= 11 is 0. The van der Waals surface area contributed by atoms with Crippen molar-refractivity contribution in [1.29, 1.82) is 0 Å². The van der Waals surface area contributed by atoms with Crippen LogP contribution in [0, 0.1) is 13.8 Å². The van der Waals surface area contributed by atoms with Crippen LogP contribution in [0.2, 0.25) is 0 Å². The molecular formula is C16H24N4O2. The Labute approximate surface area is 131 Å². The summed E-state index contributed by atoms with van der Waals surface area (Å²) in [7, 11) is 0. The third-order valence-electron chi connectivity index (χ3n) is 4.59. The Bertz CT molecular complexity index is 537. The molecule has 2 atom stereocenters. The second kappa shape index (κ2) is 6.30. The molecule has 0 aromatic carbocycles. The summed E-state index contributed by atoms with van der Waals surface area (Å²) in [5.74, 6) is 0.503. The van der Waals surface area contributed by atoms with E-state index in [0.717, 1.165) is 18.8 Å². The molecule has 2 aliphatic rings. The number of aryl methyl sites for hydroxylation is 2. The first-order valence-electron chi connectivity index (χ1n) is 8.08. The number of β-amino-alcohol motifs (C(OH)–C–C–N with tert-alkyl or cyclic N) is 1. The second-order valence-corrected chi connectivity index (χ2v) is 6.38. The summed E-state index contributed by atoms with van der Waals surface area (Å²) in [4.78, 5) is 25.1. The van der Waals surface area contributed by atoms with Gasteiger partial charge in [-0.05, 0) is 45.8 Å². The first kappa shape index (κ1) is 15.4. The van der Waals surface area contributed by atoms with E-state index in [-0.39, 0.29) is 11.9 Å². The molecule has 2 saturated heterocycles. The lowest BCUT2D eigenvalue weighted by Crippen LogP contribution is -2.46. The predicted octanol–water partition coefficient (Wildman–Crippen LogP) is 0.765. The van der Waals surface area contributed by atoms with E-state index in [2.05, 4.69) is 14.9 Å². The van der Waals surface area contributed by atoms with E-state index in [1.807, 2.05) is 6.92 Å². The predicted molar refractivity (Wildman–Crippen MR) is 82.6 cm³/mol. The van der Waals surface area contributed by atoms with Gasteiger partial charge in [0.1, 0.15) is 11.5 Å². The lowest BCUT2D eigenvalue weighted by atomic mass is 10.1. The first-order valence-corrected chi connectivity index (χ1v) is 8.08. The molecule has 0 radical (unpaired) electrons. The Balaban J connectivity index is 1.71. The SMILES string of the molecule is Cc1cc(C(=O)N2C[C@H](O)[C@@H](N3CCCCC3)C2)nc(C)n1. The van der Waals surface area contributed by atoms with Crippen LogP contribution < -0.4 is 0 Å². The van der Waals surface area contributed by atoms with Crippen molar-refractivity contribution in [2.45, 2.75) is 45.3 Å². The molecule has 120 valence electrons. The van der Waals surface area contributed by atoms with Crippen molar-refractivity contribution in [3.8, 4) is 0 Å². The zero-order valence-corrected chi connectivity index (χ0v) is 13.3. The highest BCUT2D eigenvalue weighted by Crippen LogP contribution is 2.22. The van der Waals surface area contributed by atoms with Gasteiger partial charge < -0.3 is 10.0 Å². The van der Waals surface area contributed by atoms with Crippen LogP contribution in [0.4, 0.5) is 0 Å². The van der Waals surface area contributed by atoms with Gasteiger partial charge in [-0.1, -0.05) is 6.42 Å². The lowest BCUT2D eigenvalue weighted by Gasteiger charge is -2.33. The van der Waals surface area contributed by atoms with E-state index in [0.29, 0.717) is 24.6 Å². The van der Waals surface area contributed by atoms with Crippen molar-refractivity contribution in [2.24, 2.45) is 0 Å². The summed E-state index contributed by atoms with van der Waals surface area (Å²) in [5, 5.41) is 10.3. The minimum atomic E-state index is -0.467. The molecular weight excluding hydrogens is 280 g/mol. The van der Waals surface area contributed by atoms with E-state index in [1.165, 1.54) is 19.3 Å². The summed E-state index contributed by atoms with van der Waals surface area (Å²) in [6.45, 7) is 6.68. The molecule has 0 spiro atoms. The van der Waals surface area contributed by atoms with Gasteiger partial charge in [-0.15, -0.1) is 0 Å². The highest BCUT2D eigenvalue weighted by Gasteiger charge is 2.38. The van der Waals surface area contributed by atoms with E-state index in [1.54, 1.807) is 17.9 Å². The molecule has 1 amide bonds. The maximum Gasteiger partial charge on any atom is 0.272 e. The molecule has 3 heterocycles. The number of aliphatic hydroxyl groups is 1. The van der Waals surface area contributed by atoms with Crippen LogP contribution in [0.15, 0.2) is 6.07 Å². The van der Waals surface area contributed by atoms with Gasteiger partial charge in [0.25, 0.3) is 5.91 Å². The molecule has 0 aliphatic carbocycles. The number of aliphatic hydroxyl groups excluding tert-OH is 1. The normalized spacial score (nSPS) is 26.4. The van der Waals surface area contributed by atoms with Crippen molar-refractivity contribution in [1.82, 2.24) is 19.8 Å². The number of amides is 1. The van der Waals surface area contributed by atoms with Crippen molar-refractivity contribution in [3.63, 3.8) is 0 Å².